The molecule has 3 heterocycles. The second-order valence-electron chi connectivity index (χ2n) is 6.25. The van der Waals surface area contributed by atoms with Gasteiger partial charge in [0.05, 0.1) is 0 Å². The van der Waals surface area contributed by atoms with Crippen molar-refractivity contribution >= 4 is 17.1 Å². The molecule has 0 spiro atoms. The Morgan fingerprint density at radius 2 is 2.14 bits per heavy atom. The largest absolute Gasteiger partial charge is 0.342 e. The number of piperidine rings is 1. The molecule has 7 nitrogen and oxygen atoms in total. The molecule has 7 heteroatoms. The van der Waals surface area contributed by atoms with Crippen LogP contribution in [0.5, 0.6) is 0 Å². The van der Waals surface area contributed by atoms with Crippen LogP contribution in [0.2, 0.25) is 0 Å². The van der Waals surface area contributed by atoms with Gasteiger partial charge in [-0.05, 0) is 25.2 Å². The predicted octanol–water partition coefficient (Wildman–Crippen LogP) is 1.07. The SMILES string of the molecule is CCCn1c(N2CCCC(C)C2)nc2c1c(=O)[nH]c(=O)n2C. The third-order valence-corrected chi connectivity index (χ3v) is 4.37. The number of nitrogens with one attached hydrogen (secondary N) is 1. The Morgan fingerprint density at radius 3 is 2.82 bits per heavy atom. The fraction of sp³-hybridized carbons (Fsp3) is 0.667. The van der Waals surface area contributed by atoms with Gasteiger partial charge in [0.15, 0.2) is 11.2 Å². The number of aryl methyl sites for hydroxylation is 2. The molecule has 22 heavy (non-hydrogen) atoms. The molecule has 120 valence electrons. The van der Waals surface area contributed by atoms with Crippen molar-refractivity contribution in [2.24, 2.45) is 13.0 Å². The number of aromatic amines is 1. The first-order valence-corrected chi connectivity index (χ1v) is 7.97. The van der Waals surface area contributed by atoms with Crippen LogP contribution in [0.15, 0.2) is 9.59 Å². The molecule has 1 aliphatic heterocycles. The van der Waals surface area contributed by atoms with Crippen LogP contribution in [0.25, 0.3) is 11.2 Å². The van der Waals surface area contributed by atoms with Gasteiger partial charge >= 0.3 is 5.69 Å². The molecule has 1 unspecified atom stereocenters. The minimum absolute atomic E-state index is 0.352. The summed E-state index contributed by atoms with van der Waals surface area (Å²) in [6.07, 6.45) is 3.26. The normalized spacial score (nSPS) is 19.0. The van der Waals surface area contributed by atoms with Gasteiger partial charge in [-0.15, -0.1) is 0 Å². The van der Waals surface area contributed by atoms with Crippen molar-refractivity contribution in [3.8, 4) is 0 Å². The molecule has 1 aliphatic rings. The first kappa shape index (κ1) is 14.9. The maximum absolute atomic E-state index is 12.3. The molecule has 0 radical (unpaired) electrons. The van der Waals surface area contributed by atoms with Gasteiger partial charge in [-0.3, -0.25) is 14.3 Å². The number of hydrogen-bond acceptors (Lipinski definition) is 4. The summed E-state index contributed by atoms with van der Waals surface area (Å²) in [6, 6.07) is 0. The molecule has 0 amide bonds. The van der Waals surface area contributed by atoms with Crippen molar-refractivity contribution in [2.75, 3.05) is 18.0 Å². The Labute approximate surface area is 128 Å². The highest BCUT2D eigenvalue weighted by Gasteiger charge is 2.24. The number of rotatable bonds is 3. The minimum atomic E-state index is -0.419. The van der Waals surface area contributed by atoms with E-state index in [0.29, 0.717) is 17.1 Å². The van der Waals surface area contributed by atoms with E-state index in [-0.39, 0.29) is 5.56 Å². The van der Waals surface area contributed by atoms with Gasteiger partial charge in [0.1, 0.15) is 0 Å². The van der Waals surface area contributed by atoms with Crippen molar-refractivity contribution in [1.82, 2.24) is 19.1 Å². The lowest BCUT2D eigenvalue weighted by Gasteiger charge is -2.32. The van der Waals surface area contributed by atoms with Gasteiger partial charge in [0.2, 0.25) is 5.95 Å². The lowest BCUT2D eigenvalue weighted by Crippen LogP contribution is -2.36. The van der Waals surface area contributed by atoms with E-state index < -0.39 is 5.69 Å². The standard InChI is InChI=1S/C15H23N5O2/c1-4-7-20-11-12(18(3)15(22)17-13(11)21)16-14(20)19-8-5-6-10(2)9-19/h10H,4-9H2,1-3H3,(H,17,21,22). The summed E-state index contributed by atoms with van der Waals surface area (Å²) in [5.74, 6) is 1.43. The number of hydrogen-bond donors (Lipinski definition) is 1. The van der Waals surface area contributed by atoms with Crippen LogP contribution in [0.3, 0.4) is 0 Å². The third kappa shape index (κ3) is 2.34. The van der Waals surface area contributed by atoms with Crippen LogP contribution in [0.4, 0.5) is 5.95 Å². The number of nitrogens with zero attached hydrogens (tertiary/aromatic N) is 4. The summed E-state index contributed by atoms with van der Waals surface area (Å²) in [7, 11) is 1.65. The fourth-order valence-electron chi connectivity index (χ4n) is 3.27. The van der Waals surface area contributed by atoms with E-state index >= 15 is 0 Å². The van der Waals surface area contributed by atoms with Crippen LogP contribution in [-0.4, -0.2) is 32.2 Å². The van der Waals surface area contributed by atoms with E-state index in [0.717, 1.165) is 38.4 Å². The van der Waals surface area contributed by atoms with Crippen LogP contribution in [-0.2, 0) is 13.6 Å². The first-order valence-electron chi connectivity index (χ1n) is 7.97. The van der Waals surface area contributed by atoms with Gasteiger partial charge in [-0.2, -0.15) is 4.98 Å². The quantitative estimate of drug-likeness (QED) is 0.920. The highest BCUT2D eigenvalue weighted by atomic mass is 16.2. The summed E-state index contributed by atoms with van der Waals surface area (Å²) >= 11 is 0. The molecular weight excluding hydrogens is 282 g/mol. The number of H-pyrrole nitrogens is 1. The summed E-state index contributed by atoms with van der Waals surface area (Å²) in [4.78, 5) is 33.3. The summed E-state index contributed by atoms with van der Waals surface area (Å²) < 4.78 is 3.38. The summed E-state index contributed by atoms with van der Waals surface area (Å²) in [6.45, 7) is 6.92. The Kier molecular flexibility index (Phi) is 3.80. The van der Waals surface area contributed by atoms with Crippen LogP contribution in [0.1, 0.15) is 33.1 Å². The molecule has 1 atom stereocenters. The molecule has 0 aliphatic carbocycles. The van der Waals surface area contributed by atoms with E-state index in [9.17, 15) is 9.59 Å². The van der Waals surface area contributed by atoms with Crippen molar-refractivity contribution in [2.45, 2.75) is 39.7 Å². The van der Waals surface area contributed by atoms with Crippen molar-refractivity contribution in [3.05, 3.63) is 20.8 Å². The van der Waals surface area contributed by atoms with Crippen molar-refractivity contribution in [1.29, 1.82) is 0 Å². The van der Waals surface area contributed by atoms with Crippen LogP contribution < -0.4 is 16.1 Å². The van der Waals surface area contributed by atoms with Gasteiger partial charge in [-0.1, -0.05) is 13.8 Å². The van der Waals surface area contributed by atoms with E-state index in [1.54, 1.807) is 7.05 Å². The predicted molar refractivity (Wildman–Crippen MR) is 86.5 cm³/mol. The number of imidazole rings is 1. The van der Waals surface area contributed by atoms with Crippen molar-refractivity contribution < 1.29 is 0 Å². The lowest BCUT2D eigenvalue weighted by atomic mass is 10.0. The van der Waals surface area contributed by atoms with E-state index in [2.05, 4.69) is 28.7 Å². The molecule has 0 saturated carbocycles. The Morgan fingerprint density at radius 1 is 1.36 bits per heavy atom. The van der Waals surface area contributed by atoms with Crippen molar-refractivity contribution in [3.63, 3.8) is 0 Å². The Hall–Kier alpha value is -2.05. The molecule has 0 aromatic carbocycles. The highest BCUT2D eigenvalue weighted by Crippen LogP contribution is 2.25. The van der Waals surface area contributed by atoms with Crippen LogP contribution in [0, 0.1) is 5.92 Å². The maximum Gasteiger partial charge on any atom is 0.329 e. The molecule has 1 saturated heterocycles. The van der Waals surface area contributed by atoms with Gasteiger partial charge in [-0.25, -0.2) is 4.79 Å². The number of aromatic nitrogens is 4. The topological polar surface area (TPSA) is 75.9 Å². The zero-order chi connectivity index (χ0) is 15.9. The van der Waals surface area contributed by atoms with Crippen LogP contribution >= 0.6 is 0 Å². The molecule has 3 rings (SSSR count). The zero-order valence-corrected chi connectivity index (χ0v) is 13.4. The van der Waals surface area contributed by atoms with E-state index in [4.69, 9.17) is 0 Å². The Bertz CT molecular complexity index is 801. The zero-order valence-electron chi connectivity index (χ0n) is 13.4. The number of fused-ring (bicyclic) bond motifs is 1. The Balaban J connectivity index is 2.23. The monoisotopic (exact) mass is 305 g/mol. The molecular formula is C15H23N5O2. The lowest BCUT2D eigenvalue weighted by molar-refractivity contribution is 0.437. The summed E-state index contributed by atoms with van der Waals surface area (Å²) in [5, 5.41) is 0. The second-order valence-corrected chi connectivity index (χ2v) is 6.25. The fourth-order valence-corrected chi connectivity index (χ4v) is 3.27. The molecule has 2 aromatic heterocycles. The smallest absolute Gasteiger partial charge is 0.329 e. The average Bonchev–Trinajstić information content (AvgIpc) is 2.85. The highest BCUT2D eigenvalue weighted by molar-refractivity contribution is 5.74. The molecule has 2 aromatic rings. The van der Waals surface area contributed by atoms with Gasteiger partial charge < -0.3 is 9.47 Å². The minimum Gasteiger partial charge on any atom is -0.342 e. The molecule has 1 N–H and O–H groups in total. The molecule has 1 fully saturated rings. The summed E-state index contributed by atoms with van der Waals surface area (Å²) in [5.41, 5.74) is 0.195. The first-order chi connectivity index (χ1) is 10.5. The third-order valence-electron chi connectivity index (χ3n) is 4.37. The van der Waals surface area contributed by atoms with E-state index in [1.807, 2.05) is 4.57 Å². The van der Waals surface area contributed by atoms with Gasteiger partial charge in [0, 0.05) is 26.7 Å². The maximum atomic E-state index is 12.3. The average molecular weight is 305 g/mol. The number of anilines is 1. The van der Waals surface area contributed by atoms with E-state index in [1.165, 1.54) is 11.0 Å². The second kappa shape index (κ2) is 5.62. The molecule has 0 bridgehead atoms. The van der Waals surface area contributed by atoms with Gasteiger partial charge in [0.25, 0.3) is 5.56 Å².